The van der Waals surface area contributed by atoms with Crippen molar-refractivity contribution < 1.29 is 14.5 Å². The van der Waals surface area contributed by atoms with Crippen LogP contribution in [0.5, 0.6) is 0 Å². The summed E-state index contributed by atoms with van der Waals surface area (Å²) in [6.07, 6.45) is 0.269. The Labute approximate surface area is 117 Å². The quantitative estimate of drug-likeness (QED) is 0.464. The van der Waals surface area contributed by atoms with Crippen LogP contribution in [-0.4, -0.2) is 33.8 Å². The highest BCUT2D eigenvalue weighted by molar-refractivity contribution is 5.69. The third kappa shape index (κ3) is 3.94. The van der Waals surface area contributed by atoms with Gasteiger partial charge in [0.1, 0.15) is 5.69 Å². The number of ether oxygens (including phenoxy) is 1. The van der Waals surface area contributed by atoms with Crippen molar-refractivity contribution in [2.75, 3.05) is 18.5 Å². The van der Waals surface area contributed by atoms with Crippen molar-refractivity contribution in [3.63, 3.8) is 0 Å². The van der Waals surface area contributed by atoms with Gasteiger partial charge < -0.3 is 10.1 Å². The molecule has 1 unspecified atom stereocenters. The summed E-state index contributed by atoms with van der Waals surface area (Å²) >= 11 is 0. The Hall–Kier alpha value is -2.12. The lowest BCUT2D eigenvalue weighted by atomic mass is 10.1. The van der Waals surface area contributed by atoms with Gasteiger partial charge in [-0.25, -0.2) is 4.68 Å². The minimum absolute atomic E-state index is 0.00357. The molecule has 20 heavy (non-hydrogen) atoms. The van der Waals surface area contributed by atoms with Gasteiger partial charge >= 0.3 is 11.7 Å². The lowest BCUT2D eigenvalue weighted by Crippen LogP contribution is -2.18. The van der Waals surface area contributed by atoms with E-state index in [1.54, 1.807) is 20.9 Å². The first kappa shape index (κ1) is 15.9. The van der Waals surface area contributed by atoms with Crippen LogP contribution in [0.1, 0.15) is 26.0 Å². The summed E-state index contributed by atoms with van der Waals surface area (Å²) in [7, 11) is 1.64. The molecule has 1 aromatic heterocycles. The van der Waals surface area contributed by atoms with Crippen molar-refractivity contribution in [1.82, 2.24) is 9.78 Å². The fraction of sp³-hybridized carbons (Fsp3) is 0.667. The average molecular weight is 284 g/mol. The molecule has 0 aliphatic carbocycles. The van der Waals surface area contributed by atoms with Gasteiger partial charge in [-0.15, -0.1) is 0 Å². The van der Waals surface area contributed by atoms with Crippen molar-refractivity contribution in [2.24, 2.45) is 13.0 Å². The second-order valence-electron chi connectivity index (χ2n) is 4.66. The molecule has 0 aliphatic rings. The van der Waals surface area contributed by atoms with E-state index < -0.39 is 4.92 Å². The molecule has 0 amide bonds. The second kappa shape index (κ2) is 6.88. The highest BCUT2D eigenvalue weighted by Gasteiger charge is 2.24. The van der Waals surface area contributed by atoms with E-state index >= 15 is 0 Å². The molecule has 0 aliphatic heterocycles. The fourth-order valence-electron chi connectivity index (χ4n) is 1.91. The van der Waals surface area contributed by atoms with E-state index in [0.29, 0.717) is 24.7 Å². The van der Waals surface area contributed by atoms with E-state index in [4.69, 9.17) is 4.74 Å². The number of aromatic nitrogens is 2. The summed E-state index contributed by atoms with van der Waals surface area (Å²) in [5.74, 6) is 0.0876. The Bertz CT molecular complexity index is 498. The zero-order chi connectivity index (χ0) is 15.3. The van der Waals surface area contributed by atoms with Crippen molar-refractivity contribution in [3.05, 3.63) is 15.8 Å². The lowest BCUT2D eigenvalue weighted by Gasteiger charge is -2.12. The van der Waals surface area contributed by atoms with Crippen LogP contribution in [0, 0.1) is 23.0 Å². The van der Waals surface area contributed by atoms with Crippen molar-refractivity contribution in [1.29, 1.82) is 0 Å². The van der Waals surface area contributed by atoms with Crippen LogP contribution in [0.4, 0.5) is 11.5 Å². The number of nitrogens with zero attached hydrogens (tertiary/aromatic N) is 3. The highest BCUT2D eigenvalue weighted by Crippen LogP contribution is 2.27. The monoisotopic (exact) mass is 284 g/mol. The largest absolute Gasteiger partial charge is 0.466 e. The van der Waals surface area contributed by atoms with Gasteiger partial charge in [0.25, 0.3) is 0 Å². The third-order valence-corrected chi connectivity index (χ3v) is 2.81. The smallest absolute Gasteiger partial charge is 0.333 e. The molecular weight excluding hydrogens is 264 g/mol. The SMILES string of the molecule is CCOC(=O)CC(C)CNc1c([N+](=O)[O-])c(C)nn1C. The summed E-state index contributed by atoms with van der Waals surface area (Å²) in [4.78, 5) is 21.9. The fourth-order valence-corrected chi connectivity index (χ4v) is 1.91. The molecule has 8 heteroatoms. The molecule has 1 rings (SSSR count). The molecule has 112 valence electrons. The molecule has 0 spiro atoms. The Morgan fingerprint density at radius 2 is 2.25 bits per heavy atom. The first-order valence-electron chi connectivity index (χ1n) is 6.44. The minimum Gasteiger partial charge on any atom is -0.466 e. The summed E-state index contributed by atoms with van der Waals surface area (Å²) in [6.45, 7) is 6.00. The number of hydrogen-bond donors (Lipinski definition) is 1. The van der Waals surface area contributed by atoms with E-state index in [2.05, 4.69) is 10.4 Å². The molecule has 0 saturated carbocycles. The predicted octanol–water partition coefficient (Wildman–Crippen LogP) is 1.64. The first-order chi connectivity index (χ1) is 9.36. The molecule has 1 aromatic rings. The zero-order valence-corrected chi connectivity index (χ0v) is 12.2. The zero-order valence-electron chi connectivity index (χ0n) is 12.2. The maximum Gasteiger partial charge on any atom is 0.333 e. The number of nitrogens with one attached hydrogen (secondary N) is 1. The summed E-state index contributed by atoms with van der Waals surface area (Å²) < 4.78 is 6.30. The van der Waals surface area contributed by atoms with Gasteiger partial charge in [-0.3, -0.25) is 14.9 Å². The molecular formula is C12H20N4O4. The van der Waals surface area contributed by atoms with Crippen LogP contribution in [-0.2, 0) is 16.6 Å². The molecule has 0 fully saturated rings. The predicted molar refractivity (Wildman–Crippen MR) is 73.5 cm³/mol. The maximum atomic E-state index is 11.3. The molecule has 8 nitrogen and oxygen atoms in total. The van der Waals surface area contributed by atoms with E-state index in [0.717, 1.165) is 0 Å². The average Bonchev–Trinajstić information content (AvgIpc) is 2.61. The number of rotatable bonds is 7. The topological polar surface area (TPSA) is 99.3 Å². The van der Waals surface area contributed by atoms with Crippen LogP contribution >= 0.6 is 0 Å². The molecule has 0 radical (unpaired) electrons. The van der Waals surface area contributed by atoms with Gasteiger partial charge in [0.15, 0.2) is 0 Å². The van der Waals surface area contributed by atoms with Crippen LogP contribution < -0.4 is 5.32 Å². The molecule has 0 aromatic carbocycles. The van der Waals surface area contributed by atoms with Gasteiger partial charge in [0.2, 0.25) is 5.82 Å². The number of nitro groups is 1. The molecule has 1 N–H and O–H groups in total. The number of carbonyl (C=O) groups is 1. The minimum atomic E-state index is -0.458. The summed E-state index contributed by atoms with van der Waals surface area (Å²) in [6, 6.07) is 0. The number of aryl methyl sites for hydroxylation is 2. The van der Waals surface area contributed by atoms with Crippen LogP contribution in [0.3, 0.4) is 0 Å². The maximum absolute atomic E-state index is 11.3. The highest BCUT2D eigenvalue weighted by atomic mass is 16.6. The van der Waals surface area contributed by atoms with Gasteiger partial charge in [0.05, 0.1) is 11.5 Å². The van der Waals surface area contributed by atoms with Crippen LogP contribution in [0.2, 0.25) is 0 Å². The van der Waals surface area contributed by atoms with E-state index in [1.807, 2.05) is 6.92 Å². The Morgan fingerprint density at radius 1 is 1.60 bits per heavy atom. The van der Waals surface area contributed by atoms with Crippen molar-refractivity contribution >= 4 is 17.5 Å². The molecule has 1 atom stereocenters. The normalized spacial score (nSPS) is 12.0. The summed E-state index contributed by atoms with van der Waals surface area (Å²) in [5.41, 5.74) is 0.328. The van der Waals surface area contributed by atoms with Crippen molar-refractivity contribution in [2.45, 2.75) is 27.2 Å². The molecule has 0 saturated heterocycles. The van der Waals surface area contributed by atoms with E-state index in [9.17, 15) is 14.9 Å². The molecule has 1 heterocycles. The Kier molecular flexibility index (Phi) is 5.48. The van der Waals surface area contributed by atoms with Gasteiger partial charge in [-0.05, 0) is 19.8 Å². The lowest BCUT2D eigenvalue weighted by molar-refractivity contribution is -0.384. The second-order valence-corrected chi connectivity index (χ2v) is 4.66. The van der Waals surface area contributed by atoms with E-state index in [-0.39, 0.29) is 24.0 Å². The van der Waals surface area contributed by atoms with E-state index in [1.165, 1.54) is 4.68 Å². The standard InChI is InChI=1S/C12H20N4O4/c1-5-20-10(17)6-8(2)7-13-12-11(16(18)19)9(3)14-15(12)4/h8,13H,5-7H2,1-4H3. The summed E-state index contributed by atoms with van der Waals surface area (Å²) in [5, 5.41) is 18.0. The first-order valence-corrected chi connectivity index (χ1v) is 6.44. The van der Waals surface area contributed by atoms with Crippen LogP contribution in [0.15, 0.2) is 0 Å². The van der Waals surface area contributed by atoms with Gasteiger partial charge in [-0.1, -0.05) is 6.92 Å². The molecule has 0 bridgehead atoms. The van der Waals surface area contributed by atoms with Gasteiger partial charge in [-0.2, -0.15) is 5.10 Å². The number of carbonyl (C=O) groups excluding carboxylic acids is 1. The number of esters is 1. The van der Waals surface area contributed by atoms with Crippen molar-refractivity contribution in [3.8, 4) is 0 Å². The van der Waals surface area contributed by atoms with Gasteiger partial charge in [0, 0.05) is 20.0 Å². The van der Waals surface area contributed by atoms with Crippen LogP contribution in [0.25, 0.3) is 0 Å². The number of hydrogen-bond acceptors (Lipinski definition) is 6. The Balaban J connectivity index is 2.66. The Morgan fingerprint density at radius 3 is 2.80 bits per heavy atom. The third-order valence-electron chi connectivity index (χ3n) is 2.81. The number of anilines is 1.